The third-order valence-corrected chi connectivity index (χ3v) is 4.23. The quantitative estimate of drug-likeness (QED) is 0.863. The van der Waals surface area contributed by atoms with Gasteiger partial charge in [-0.3, -0.25) is 0 Å². The van der Waals surface area contributed by atoms with Crippen molar-refractivity contribution in [2.24, 2.45) is 0 Å². The van der Waals surface area contributed by atoms with Crippen molar-refractivity contribution in [1.29, 1.82) is 0 Å². The molecule has 0 unspecified atom stereocenters. The maximum Gasteiger partial charge on any atom is 0.326 e. The molecule has 20 heavy (non-hydrogen) atoms. The highest BCUT2D eigenvalue weighted by Gasteiger charge is 2.35. The van der Waals surface area contributed by atoms with E-state index in [0.717, 1.165) is 30.4 Å². The predicted molar refractivity (Wildman–Crippen MR) is 73.3 cm³/mol. The molecule has 1 aromatic carbocycles. The number of rotatable bonds is 2. The first-order valence-corrected chi connectivity index (χ1v) is 7.02. The average molecular weight is 274 g/mol. The number of aliphatic carboxylic acids is 1. The molecule has 0 saturated heterocycles. The summed E-state index contributed by atoms with van der Waals surface area (Å²) in [7, 11) is 0. The summed E-state index contributed by atoms with van der Waals surface area (Å²) in [6.45, 7) is 0.367. The molecule has 2 N–H and O–H groups in total. The zero-order chi connectivity index (χ0) is 14.1. The van der Waals surface area contributed by atoms with Crippen LogP contribution in [0.4, 0.5) is 4.79 Å². The van der Waals surface area contributed by atoms with Gasteiger partial charge in [0, 0.05) is 19.0 Å². The summed E-state index contributed by atoms with van der Waals surface area (Å²) in [6, 6.07) is 6.91. The lowest BCUT2D eigenvalue weighted by atomic mass is 9.92. The largest absolute Gasteiger partial charge is 0.480 e. The van der Waals surface area contributed by atoms with Crippen LogP contribution in [0, 0.1) is 0 Å². The molecule has 0 aromatic heterocycles. The summed E-state index contributed by atoms with van der Waals surface area (Å²) >= 11 is 0. The third kappa shape index (κ3) is 2.35. The fourth-order valence-corrected chi connectivity index (χ4v) is 2.77. The molecule has 5 heteroatoms. The SMILES string of the molecule is O=C(O)[C@@H]1Cc2ccccc2CN1C(=O)NC1CCC1. The number of urea groups is 1. The van der Waals surface area contributed by atoms with E-state index in [1.807, 2.05) is 24.3 Å². The van der Waals surface area contributed by atoms with Crippen molar-refractivity contribution in [1.82, 2.24) is 10.2 Å². The van der Waals surface area contributed by atoms with Gasteiger partial charge in [-0.15, -0.1) is 0 Å². The first-order chi connectivity index (χ1) is 9.65. The molecule has 0 radical (unpaired) electrons. The van der Waals surface area contributed by atoms with Crippen molar-refractivity contribution in [3.63, 3.8) is 0 Å². The molecule has 5 nitrogen and oxygen atoms in total. The summed E-state index contributed by atoms with van der Waals surface area (Å²) in [5.74, 6) is -0.941. The molecule has 1 heterocycles. The molecule has 2 amide bonds. The van der Waals surface area contributed by atoms with Gasteiger partial charge < -0.3 is 15.3 Å². The van der Waals surface area contributed by atoms with Crippen molar-refractivity contribution in [3.05, 3.63) is 35.4 Å². The molecule has 1 saturated carbocycles. The molecule has 1 aromatic rings. The second-order valence-corrected chi connectivity index (χ2v) is 5.53. The van der Waals surface area contributed by atoms with Gasteiger partial charge in [0.2, 0.25) is 0 Å². The minimum Gasteiger partial charge on any atom is -0.480 e. The molecule has 1 atom stereocenters. The van der Waals surface area contributed by atoms with Gasteiger partial charge in [-0.25, -0.2) is 9.59 Å². The minimum absolute atomic E-state index is 0.217. The first-order valence-electron chi connectivity index (χ1n) is 7.02. The van der Waals surface area contributed by atoms with Gasteiger partial charge in [0.15, 0.2) is 0 Å². The lowest BCUT2D eigenvalue weighted by molar-refractivity contribution is -0.142. The number of carbonyl (C=O) groups is 2. The number of fused-ring (bicyclic) bond motifs is 1. The Balaban J connectivity index is 1.80. The zero-order valence-corrected chi connectivity index (χ0v) is 11.2. The second-order valence-electron chi connectivity index (χ2n) is 5.53. The Morgan fingerprint density at radius 2 is 1.90 bits per heavy atom. The van der Waals surface area contributed by atoms with Gasteiger partial charge in [0.25, 0.3) is 0 Å². The minimum atomic E-state index is -0.941. The van der Waals surface area contributed by atoms with Crippen LogP contribution in [-0.2, 0) is 17.8 Å². The van der Waals surface area contributed by atoms with Crippen molar-refractivity contribution >= 4 is 12.0 Å². The van der Waals surface area contributed by atoms with E-state index >= 15 is 0 Å². The molecule has 3 rings (SSSR count). The number of nitrogens with one attached hydrogen (secondary N) is 1. The highest BCUT2D eigenvalue weighted by molar-refractivity contribution is 5.83. The molecule has 0 bridgehead atoms. The maximum absolute atomic E-state index is 12.3. The van der Waals surface area contributed by atoms with Crippen LogP contribution in [0.2, 0.25) is 0 Å². The van der Waals surface area contributed by atoms with Crippen molar-refractivity contribution in [2.45, 2.75) is 44.3 Å². The number of nitrogens with zero attached hydrogens (tertiary/aromatic N) is 1. The van der Waals surface area contributed by atoms with Crippen LogP contribution in [0.5, 0.6) is 0 Å². The van der Waals surface area contributed by atoms with Crippen LogP contribution in [0.3, 0.4) is 0 Å². The van der Waals surface area contributed by atoms with Crippen LogP contribution in [0.1, 0.15) is 30.4 Å². The van der Waals surface area contributed by atoms with Gasteiger partial charge in [0.05, 0.1) is 0 Å². The summed E-state index contributed by atoms with van der Waals surface area (Å²) in [5.41, 5.74) is 2.06. The summed E-state index contributed by atoms with van der Waals surface area (Å²) in [4.78, 5) is 25.2. The number of hydrogen-bond donors (Lipinski definition) is 2. The van der Waals surface area contributed by atoms with Gasteiger partial charge in [-0.2, -0.15) is 0 Å². The molecule has 1 fully saturated rings. The summed E-state index contributed by atoms with van der Waals surface area (Å²) in [6.07, 6.45) is 3.50. The van der Waals surface area contributed by atoms with Crippen LogP contribution < -0.4 is 5.32 Å². The number of carboxylic acids is 1. The normalized spacial score (nSPS) is 21.8. The van der Waals surface area contributed by atoms with Crippen LogP contribution in [0.15, 0.2) is 24.3 Å². The summed E-state index contributed by atoms with van der Waals surface area (Å²) < 4.78 is 0. The van der Waals surface area contributed by atoms with Gasteiger partial charge in [-0.1, -0.05) is 24.3 Å². The Morgan fingerprint density at radius 3 is 2.50 bits per heavy atom. The zero-order valence-electron chi connectivity index (χ0n) is 11.2. The Morgan fingerprint density at radius 1 is 1.20 bits per heavy atom. The number of benzene rings is 1. The van der Waals surface area contributed by atoms with Crippen molar-refractivity contribution in [2.75, 3.05) is 0 Å². The number of amides is 2. The van der Waals surface area contributed by atoms with Gasteiger partial charge in [-0.05, 0) is 30.4 Å². The van der Waals surface area contributed by atoms with Crippen LogP contribution in [0.25, 0.3) is 0 Å². The maximum atomic E-state index is 12.3. The molecular formula is C15H18N2O3. The second kappa shape index (κ2) is 5.15. The molecule has 1 aliphatic carbocycles. The topological polar surface area (TPSA) is 69.6 Å². The van der Waals surface area contributed by atoms with Crippen LogP contribution >= 0.6 is 0 Å². The van der Waals surface area contributed by atoms with Crippen LogP contribution in [-0.4, -0.2) is 34.1 Å². The van der Waals surface area contributed by atoms with E-state index in [9.17, 15) is 14.7 Å². The Kier molecular flexibility index (Phi) is 3.34. The number of carbonyl (C=O) groups excluding carboxylic acids is 1. The Hall–Kier alpha value is -2.04. The highest BCUT2D eigenvalue weighted by Crippen LogP contribution is 2.25. The molecule has 2 aliphatic rings. The molecule has 0 spiro atoms. The smallest absolute Gasteiger partial charge is 0.326 e. The fraction of sp³-hybridized carbons (Fsp3) is 0.467. The number of hydrogen-bond acceptors (Lipinski definition) is 2. The number of carboxylic acid groups (broad SMARTS) is 1. The predicted octanol–water partition coefficient (Wildman–Crippen LogP) is 1.76. The van der Waals surface area contributed by atoms with E-state index in [2.05, 4.69) is 5.32 Å². The van der Waals surface area contributed by atoms with E-state index < -0.39 is 12.0 Å². The molecule has 106 valence electrons. The molecular weight excluding hydrogens is 256 g/mol. The standard InChI is InChI=1S/C15H18N2O3/c18-14(19)13-8-10-4-1-2-5-11(10)9-17(13)15(20)16-12-6-3-7-12/h1-2,4-5,12-13H,3,6-9H2,(H,16,20)(H,18,19)/t13-/m0/s1. The lowest BCUT2D eigenvalue weighted by Gasteiger charge is -2.37. The fourth-order valence-electron chi connectivity index (χ4n) is 2.77. The summed E-state index contributed by atoms with van der Waals surface area (Å²) in [5, 5.41) is 12.3. The lowest BCUT2D eigenvalue weighted by Crippen LogP contribution is -2.55. The van der Waals surface area contributed by atoms with E-state index in [0.29, 0.717) is 13.0 Å². The van der Waals surface area contributed by atoms with Gasteiger partial charge in [0.1, 0.15) is 6.04 Å². The third-order valence-electron chi connectivity index (χ3n) is 4.23. The average Bonchev–Trinajstić information content (AvgIpc) is 2.41. The highest BCUT2D eigenvalue weighted by atomic mass is 16.4. The molecule has 1 aliphatic heterocycles. The first kappa shape index (κ1) is 13.0. The van der Waals surface area contributed by atoms with Crippen molar-refractivity contribution in [3.8, 4) is 0 Å². The van der Waals surface area contributed by atoms with E-state index in [1.54, 1.807) is 0 Å². The van der Waals surface area contributed by atoms with E-state index in [1.165, 1.54) is 4.90 Å². The monoisotopic (exact) mass is 274 g/mol. The van der Waals surface area contributed by atoms with E-state index in [-0.39, 0.29) is 12.1 Å². The Bertz CT molecular complexity index is 540. The van der Waals surface area contributed by atoms with Crippen molar-refractivity contribution < 1.29 is 14.7 Å². The van der Waals surface area contributed by atoms with Gasteiger partial charge >= 0.3 is 12.0 Å². The van der Waals surface area contributed by atoms with E-state index in [4.69, 9.17) is 0 Å². The Labute approximate surface area is 117 Å².